The summed E-state index contributed by atoms with van der Waals surface area (Å²) in [5, 5.41) is 2.97. The molecule has 0 aliphatic carbocycles. The van der Waals surface area contributed by atoms with Crippen molar-refractivity contribution in [1.82, 2.24) is 10.2 Å². The van der Waals surface area contributed by atoms with E-state index in [9.17, 15) is 4.79 Å². The number of hydrogen-bond acceptors (Lipinski definition) is 4. The van der Waals surface area contributed by atoms with Gasteiger partial charge in [-0.15, -0.1) is 0 Å². The number of rotatable bonds is 9. The molecule has 1 amide bonds. The normalized spacial score (nSPS) is 18.0. The number of hydrogen-bond donors (Lipinski definition) is 2. The first-order valence-corrected chi connectivity index (χ1v) is 9.67. The molecule has 0 bridgehead atoms. The Morgan fingerprint density at radius 2 is 1.84 bits per heavy atom. The molecule has 1 saturated heterocycles. The Labute approximate surface area is 152 Å². The standard InChI is InChI=1S/C20H34N4O/c1-3-17(2)19(21)20(25)22-11-7-8-12-23-13-15-24(16-14-23)18-9-5-4-6-10-18/h4-6,9-10,17,19H,3,7-8,11-16,21H2,1-2H3,(H,22,25). The minimum Gasteiger partial charge on any atom is -0.369 e. The molecule has 0 aromatic heterocycles. The second kappa shape index (κ2) is 10.4. The molecule has 1 heterocycles. The van der Waals surface area contributed by atoms with Crippen molar-refractivity contribution in [3.05, 3.63) is 30.3 Å². The largest absolute Gasteiger partial charge is 0.369 e. The summed E-state index contributed by atoms with van der Waals surface area (Å²) >= 11 is 0. The third kappa shape index (κ3) is 6.33. The summed E-state index contributed by atoms with van der Waals surface area (Å²) in [6, 6.07) is 10.3. The van der Waals surface area contributed by atoms with Crippen LogP contribution in [0.1, 0.15) is 33.1 Å². The SMILES string of the molecule is CCC(C)C(N)C(=O)NCCCCN1CCN(c2ccccc2)CC1. The first kappa shape index (κ1) is 19.7. The van der Waals surface area contributed by atoms with Gasteiger partial charge in [-0.1, -0.05) is 38.5 Å². The van der Waals surface area contributed by atoms with Crippen molar-refractivity contribution in [2.45, 2.75) is 39.2 Å². The smallest absolute Gasteiger partial charge is 0.237 e. The second-order valence-electron chi connectivity index (χ2n) is 7.07. The first-order chi connectivity index (χ1) is 12.1. The molecule has 3 N–H and O–H groups in total. The number of piperazine rings is 1. The minimum absolute atomic E-state index is 0.00849. The number of benzene rings is 1. The highest BCUT2D eigenvalue weighted by Gasteiger charge is 2.19. The number of nitrogens with zero attached hydrogens (tertiary/aromatic N) is 2. The van der Waals surface area contributed by atoms with Gasteiger partial charge in [-0.2, -0.15) is 0 Å². The van der Waals surface area contributed by atoms with Gasteiger partial charge in [0.05, 0.1) is 6.04 Å². The molecule has 140 valence electrons. The summed E-state index contributed by atoms with van der Waals surface area (Å²) in [6.45, 7) is 10.3. The van der Waals surface area contributed by atoms with Gasteiger partial charge in [-0.3, -0.25) is 9.69 Å². The molecule has 1 fully saturated rings. The van der Waals surface area contributed by atoms with E-state index in [1.807, 2.05) is 6.92 Å². The molecule has 0 spiro atoms. The van der Waals surface area contributed by atoms with Gasteiger partial charge in [0.1, 0.15) is 0 Å². The average Bonchev–Trinajstić information content (AvgIpc) is 2.67. The molecular formula is C20H34N4O. The van der Waals surface area contributed by atoms with Crippen molar-refractivity contribution in [2.24, 2.45) is 11.7 Å². The maximum absolute atomic E-state index is 11.9. The summed E-state index contributed by atoms with van der Waals surface area (Å²) < 4.78 is 0. The Bertz CT molecular complexity index is 500. The molecule has 0 radical (unpaired) electrons. The molecule has 1 aromatic rings. The molecule has 2 atom stereocenters. The van der Waals surface area contributed by atoms with Gasteiger partial charge in [0.25, 0.3) is 0 Å². The van der Waals surface area contributed by atoms with E-state index < -0.39 is 0 Å². The van der Waals surface area contributed by atoms with Gasteiger partial charge in [0, 0.05) is 38.4 Å². The van der Waals surface area contributed by atoms with Gasteiger partial charge < -0.3 is 16.0 Å². The highest BCUT2D eigenvalue weighted by Crippen LogP contribution is 2.15. The molecule has 25 heavy (non-hydrogen) atoms. The molecule has 2 rings (SSSR count). The highest BCUT2D eigenvalue weighted by molar-refractivity contribution is 5.81. The monoisotopic (exact) mass is 346 g/mol. The lowest BCUT2D eigenvalue weighted by Gasteiger charge is -2.36. The van der Waals surface area contributed by atoms with Crippen LogP contribution in [0.3, 0.4) is 0 Å². The molecule has 5 nitrogen and oxygen atoms in total. The number of unbranched alkanes of at least 4 members (excludes halogenated alkanes) is 1. The van der Waals surface area contributed by atoms with Crippen molar-refractivity contribution < 1.29 is 4.79 Å². The van der Waals surface area contributed by atoms with Gasteiger partial charge >= 0.3 is 0 Å². The van der Waals surface area contributed by atoms with Crippen LogP contribution >= 0.6 is 0 Å². The molecule has 2 unspecified atom stereocenters. The highest BCUT2D eigenvalue weighted by atomic mass is 16.2. The molecular weight excluding hydrogens is 312 g/mol. The van der Waals surface area contributed by atoms with Crippen LogP contribution in [0.25, 0.3) is 0 Å². The zero-order valence-electron chi connectivity index (χ0n) is 15.8. The zero-order chi connectivity index (χ0) is 18.1. The quantitative estimate of drug-likeness (QED) is 0.672. The van der Waals surface area contributed by atoms with E-state index in [2.05, 4.69) is 52.4 Å². The fourth-order valence-corrected chi connectivity index (χ4v) is 3.17. The zero-order valence-corrected chi connectivity index (χ0v) is 15.8. The number of carbonyl (C=O) groups is 1. The Kier molecular flexibility index (Phi) is 8.22. The van der Waals surface area contributed by atoms with Crippen LogP contribution in [0, 0.1) is 5.92 Å². The lowest BCUT2D eigenvalue weighted by Crippen LogP contribution is -2.47. The molecule has 1 aliphatic heterocycles. The summed E-state index contributed by atoms with van der Waals surface area (Å²) in [4.78, 5) is 16.9. The first-order valence-electron chi connectivity index (χ1n) is 9.67. The Morgan fingerprint density at radius 1 is 1.16 bits per heavy atom. The van der Waals surface area contributed by atoms with Crippen molar-refractivity contribution in [2.75, 3.05) is 44.2 Å². The topological polar surface area (TPSA) is 61.6 Å². The van der Waals surface area contributed by atoms with Gasteiger partial charge in [0.2, 0.25) is 5.91 Å². The van der Waals surface area contributed by atoms with Crippen molar-refractivity contribution in [1.29, 1.82) is 0 Å². The maximum Gasteiger partial charge on any atom is 0.237 e. The van der Waals surface area contributed by atoms with E-state index in [1.165, 1.54) is 5.69 Å². The molecule has 0 saturated carbocycles. The van der Waals surface area contributed by atoms with E-state index in [0.717, 1.165) is 58.5 Å². The fraction of sp³-hybridized carbons (Fsp3) is 0.650. The number of anilines is 1. The van der Waals surface area contributed by atoms with E-state index in [4.69, 9.17) is 5.73 Å². The van der Waals surface area contributed by atoms with Crippen LogP contribution in [-0.2, 0) is 4.79 Å². The van der Waals surface area contributed by atoms with Crippen molar-refractivity contribution in [3.63, 3.8) is 0 Å². The third-order valence-corrected chi connectivity index (χ3v) is 5.25. The fourth-order valence-electron chi connectivity index (χ4n) is 3.17. The van der Waals surface area contributed by atoms with Crippen LogP contribution in [0.15, 0.2) is 30.3 Å². The lowest BCUT2D eigenvalue weighted by molar-refractivity contribution is -0.123. The molecule has 1 aromatic carbocycles. The van der Waals surface area contributed by atoms with Crippen LogP contribution < -0.4 is 16.0 Å². The maximum atomic E-state index is 11.9. The van der Waals surface area contributed by atoms with Gasteiger partial charge in [0.15, 0.2) is 0 Å². The Balaban J connectivity index is 1.56. The molecule has 5 heteroatoms. The summed E-state index contributed by atoms with van der Waals surface area (Å²) in [5.41, 5.74) is 7.26. The van der Waals surface area contributed by atoms with E-state index in [0.29, 0.717) is 0 Å². The predicted octanol–water partition coefficient (Wildman–Crippen LogP) is 2.08. The average molecular weight is 347 g/mol. The minimum atomic E-state index is -0.379. The van der Waals surface area contributed by atoms with Crippen LogP contribution in [0.2, 0.25) is 0 Å². The summed E-state index contributed by atoms with van der Waals surface area (Å²) in [7, 11) is 0. The number of carbonyl (C=O) groups excluding carboxylic acids is 1. The van der Waals surface area contributed by atoms with Crippen molar-refractivity contribution >= 4 is 11.6 Å². The Morgan fingerprint density at radius 3 is 2.48 bits per heavy atom. The number of nitrogens with two attached hydrogens (primary N) is 1. The predicted molar refractivity (Wildman–Crippen MR) is 105 cm³/mol. The number of amides is 1. The number of nitrogens with one attached hydrogen (secondary N) is 1. The Hall–Kier alpha value is -1.59. The van der Waals surface area contributed by atoms with E-state index >= 15 is 0 Å². The van der Waals surface area contributed by atoms with Crippen LogP contribution in [0.5, 0.6) is 0 Å². The number of para-hydroxylation sites is 1. The lowest BCUT2D eigenvalue weighted by atomic mass is 9.99. The van der Waals surface area contributed by atoms with Crippen molar-refractivity contribution in [3.8, 4) is 0 Å². The second-order valence-corrected chi connectivity index (χ2v) is 7.07. The van der Waals surface area contributed by atoms with Gasteiger partial charge in [-0.05, 0) is 37.4 Å². The summed E-state index contributed by atoms with van der Waals surface area (Å²) in [5.74, 6) is 0.228. The molecule has 1 aliphatic rings. The van der Waals surface area contributed by atoms with E-state index in [1.54, 1.807) is 0 Å². The summed E-state index contributed by atoms with van der Waals surface area (Å²) in [6.07, 6.45) is 3.06. The van der Waals surface area contributed by atoms with Crippen LogP contribution in [0.4, 0.5) is 5.69 Å². The van der Waals surface area contributed by atoms with Gasteiger partial charge in [-0.25, -0.2) is 0 Å². The van der Waals surface area contributed by atoms with Crippen LogP contribution in [-0.4, -0.2) is 56.1 Å². The third-order valence-electron chi connectivity index (χ3n) is 5.25. The van der Waals surface area contributed by atoms with E-state index in [-0.39, 0.29) is 17.9 Å².